The molecule has 2 aliphatic heterocycles. The Morgan fingerprint density at radius 2 is 2.05 bits per heavy atom. The summed E-state index contributed by atoms with van der Waals surface area (Å²) in [5, 5.41) is 1.55. The molecule has 2 saturated heterocycles. The van der Waals surface area contributed by atoms with Crippen LogP contribution in [-0.2, 0) is 0 Å². The van der Waals surface area contributed by atoms with Gasteiger partial charge in [-0.1, -0.05) is 12.6 Å². The minimum absolute atomic E-state index is 0.223. The first-order valence-corrected chi connectivity index (χ1v) is 7.09. The molecule has 1 atom stereocenters. The van der Waals surface area contributed by atoms with Gasteiger partial charge in [0.25, 0.3) is 11.2 Å². The van der Waals surface area contributed by atoms with Crippen LogP contribution in [0, 0.1) is 0 Å². The molecule has 0 radical (unpaired) electrons. The maximum absolute atomic E-state index is 14.0. The Balaban J connectivity index is 1.87. The number of carbonyl (C=O) groups excluding carboxylic acids is 1. The van der Waals surface area contributed by atoms with Gasteiger partial charge in [-0.25, -0.2) is 8.78 Å². The van der Waals surface area contributed by atoms with Crippen LogP contribution < -0.4 is 5.32 Å². The van der Waals surface area contributed by atoms with E-state index in [9.17, 15) is 13.6 Å². The SMILES string of the molecule is CC(C)N1CC(N2CCC(NC(=O)S)C(F)(F)C2)C1. The maximum atomic E-state index is 14.0. The lowest BCUT2D eigenvalue weighted by atomic mass is 9.96. The highest BCUT2D eigenvalue weighted by atomic mass is 32.1. The summed E-state index contributed by atoms with van der Waals surface area (Å²) < 4.78 is 27.9. The van der Waals surface area contributed by atoms with Gasteiger partial charge in [0.15, 0.2) is 0 Å². The number of rotatable bonds is 3. The molecule has 7 heteroatoms. The van der Waals surface area contributed by atoms with E-state index in [1.807, 2.05) is 4.90 Å². The van der Waals surface area contributed by atoms with Crippen molar-refractivity contribution in [3.63, 3.8) is 0 Å². The van der Waals surface area contributed by atoms with Crippen molar-refractivity contribution in [2.45, 2.75) is 44.3 Å². The Morgan fingerprint density at radius 3 is 2.53 bits per heavy atom. The molecule has 2 heterocycles. The minimum atomic E-state index is -2.88. The van der Waals surface area contributed by atoms with Crippen LogP contribution in [0.4, 0.5) is 13.6 Å². The average molecular weight is 293 g/mol. The molecule has 0 spiro atoms. The van der Waals surface area contributed by atoms with Crippen molar-refractivity contribution in [1.82, 2.24) is 15.1 Å². The molecule has 2 fully saturated rings. The number of alkyl halides is 2. The monoisotopic (exact) mass is 293 g/mol. The number of nitrogens with zero attached hydrogens (tertiary/aromatic N) is 2. The second-order valence-corrected chi connectivity index (χ2v) is 6.13. The van der Waals surface area contributed by atoms with E-state index in [2.05, 4.69) is 36.7 Å². The molecule has 110 valence electrons. The molecule has 19 heavy (non-hydrogen) atoms. The smallest absolute Gasteiger partial charge is 0.280 e. The number of carbonyl (C=O) groups is 1. The van der Waals surface area contributed by atoms with Crippen LogP contribution in [-0.4, -0.2) is 65.3 Å². The Bertz CT molecular complexity index is 348. The van der Waals surface area contributed by atoms with E-state index < -0.39 is 17.2 Å². The van der Waals surface area contributed by atoms with Crippen molar-refractivity contribution >= 4 is 17.9 Å². The molecular formula is C12H21F2N3OS. The van der Waals surface area contributed by atoms with E-state index in [0.29, 0.717) is 12.6 Å². The molecule has 0 aromatic carbocycles. The predicted octanol–water partition coefficient (Wildman–Crippen LogP) is 1.43. The number of nitrogens with one attached hydrogen (secondary N) is 1. The molecule has 0 bridgehead atoms. The van der Waals surface area contributed by atoms with Gasteiger partial charge in [0.1, 0.15) is 0 Å². The van der Waals surface area contributed by atoms with Gasteiger partial charge in [-0.15, -0.1) is 0 Å². The van der Waals surface area contributed by atoms with Crippen LogP contribution in [0.5, 0.6) is 0 Å². The second kappa shape index (κ2) is 5.54. The van der Waals surface area contributed by atoms with Crippen molar-refractivity contribution in [2.75, 3.05) is 26.2 Å². The van der Waals surface area contributed by atoms with E-state index in [-0.39, 0.29) is 19.0 Å². The summed E-state index contributed by atoms with van der Waals surface area (Å²) in [4.78, 5) is 14.9. The molecule has 4 nitrogen and oxygen atoms in total. The highest BCUT2D eigenvalue weighted by Gasteiger charge is 2.48. The van der Waals surface area contributed by atoms with Crippen LogP contribution in [0.3, 0.4) is 0 Å². The van der Waals surface area contributed by atoms with Gasteiger partial charge in [-0.3, -0.25) is 14.6 Å². The predicted molar refractivity (Wildman–Crippen MR) is 72.9 cm³/mol. The topological polar surface area (TPSA) is 35.6 Å². The van der Waals surface area contributed by atoms with Crippen LogP contribution in [0.2, 0.25) is 0 Å². The van der Waals surface area contributed by atoms with Gasteiger partial charge < -0.3 is 5.32 Å². The van der Waals surface area contributed by atoms with Crippen LogP contribution in [0.15, 0.2) is 0 Å². The fraction of sp³-hybridized carbons (Fsp3) is 0.917. The minimum Gasteiger partial charge on any atom is -0.338 e. The lowest BCUT2D eigenvalue weighted by Gasteiger charge is -2.50. The third-order valence-electron chi connectivity index (χ3n) is 4.06. The van der Waals surface area contributed by atoms with Crippen molar-refractivity contribution in [3.8, 4) is 0 Å². The third-order valence-corrected chi connectivity index (χ3v) is 4.19. The van der Waals surface area contributed by atoms with Crippen LogP contribution >= 0.6 is 12.6 Å². The van der Waals surface area contributed by atoms with E-state index in [0.717, 1.165) is 13.1 Å². The molecule has 1 unspecified atom stereocenters. The number of amides is 1. The van der Waals surface area contributed by atoms with Crippen molar-refractivity contribution in [3.05, 3.63) is 0 Å². The Morgan fingerprint density at radius 1 is 1.42 bits per heavy atom. The van der Waals surface area contributed by atoms with Crippen molar-refractivity contribution < 1.29 is 13.6 Å². The van der Waals surface area contributed by atoms with Gasteiger partial charge in [0.05, 0.1) is 12.6 Å². The summed E-state index contributed by atoms with van der Waals surface area (Å²) >= 11 is 3.51. The molecule has 2 rings (SSSR count). The first-order valence-electron chi connectivity index (χ1n) is 6.65. The van der Waals surface area contributed by atoms with Crippen molar-refractivity contribution in [1.29, 1.82) is 0 Å². The molecule has 0 aromatic heterocycles. The van der Waals surface area contributed by atoms with E-state index in [4.69, 9.17) is 0 Å². The van der Waals surface area contributed by atoms with Gasteiger partial charge in [0, 0.05) is 31.7 Å². The lowest BCUT2D eigenvalue weighted by molar-refractivity contribution is -0.115. The van der Waals surface area contributed by atoms with E-state index in [1.54, 1.807) is 0 Å². The molecule has 0 aromatic rings. The molecule has 2 aliphatic rings. The van der Waals surface area contributed by atoms with E-state index >= 15 is 0 Å². The van der Waals surface area contributed by atoms with Gasteiger partial charge >= 0.3 is 0 Å². The summed E-state index contributed by atoms with van der Waals surface area (Å²) in [5.74, 6) is -2.88. The number of halogens is 2. The number of thiol groups is 1. The summed E-state index contributed by atoms with van der Waals surface area (Å²) in [5.41, 5.74) is 0. The van der Waals surface area contributed by atoms with Crippen molar-refractivity contribution in [2.24, 2.45) is 0 Å². The summed E-state index contributed by atoms with van der Waals surface area (Å²) in [7, 11) is 0. The zero-order valence-corrected chi connectivity index (χ0v) is 12.2. The number of piperidine rings is 1. The fourth-order valence-corrected chi connectivity index (χ4v) is 2.90. The number of likely N-dealkylation sites (tertiary alicyclic amines) is 2. The normalized spacial score (nSPS) is 29.3. The highest BCUT2D eigenvalue weighted by molar-refractivity contribution is 7.96. The summed E-state index contributed by atoms with van der Waals surface area (Å²) in [6.07, 6.45) is 0.275. The number of hydrogen-bond acceptors (Lipinski definition) is 3. The lowest BCUT2D eigenvalue weighted by Crippen LogP contribution is -2.67. The van der Waals surface area contributed by atoms with E-state index in [1.165, 1.54) is 0 Å². The first kappa shape index (κ1) is 15.0. The van der Waals surface area contributed by atoms with Gasteiger partial charge in [-0.05, 0) is 20.3 Å². The van der Waals surface area contributed by atoms with Crippen LogP contribution in [0.1, 0.15) is 20.3 Å². The Kier molecular flexibility index (Phi) is 4.37. The highest BCUT2D eigenvalue weighted by Crippen LogP contribution is 2.31. The molecule has 0 aliphatic carbocycles. The van der Waals surface area contributed by atoms with Gasteiger partial charge in [-0.2, -0.15) is 0 Å². The summed E-state index contributed by atoms with van der Waals surface area (Å²) in [6.45, 7) is 6.26. The molecule has 0 saturated carbocycles. The molecule has 1 amide bonds. The molecule has 1 N–H and O–H groups in total. The quantitative estimate of drug-likeness (QED) is 0.773. The Labute approximate surface area is 117 Å². The largest absolute Gasteiger partial charge is 0.338 e. The first-order chi connectivity index (χ1) is 8.79. The summed E-state index contributed by atoms with van der Waals surface area (Å²) in [6, 6.07) is -0.395. The zero-order chi connectivity index (χ0) is 14.2. The third kappa shape index (κ3) is 3.38. The van der Waals surface area contributed by atoms with Gasteiger partial charge in [0.2, 0.25) is 0 Å². The average Bonchev–Trinajstić information content (AvgIpc) is 2.18. The molecular weight excluding hydrogens is 272 g/mol. The maximum Gasteiger partial charge on any atom is 0.280 e. The standard InChI is InChI=1S/C12H21F2N3OS/c1-8(2)17-5-9(6-17)16-4-3-10(15-11(18)19)12(13,14)7-16/h8-10H,3-7H2,1-2H3,(H2,15,18,19). The zero-order valence-electron chi connectivity index (χ0n) is 11.3. The van der Waals surface area contributed by atoms with Crippen LogP contribution in [0.25, 0.3) is 0 Å². The number of hydrogen-bond donors (Lipinski definition) is 2. The fourth-order valence-electron chi connectivity index (χ4n) is 2.75. The Hall–Kier alpha value is -0.400. The second-order valence-electron chi connectivity index (χ2n) is 5.72.